The Bertz CT molecular complexity index is 649. The third-order valence-corrected chi connectivity index (χ3v) is 24.9. The molecule has 0 heterocycles. The topological polar surface area (TPSA) is 163 Å². The Hall–Kier alpha value is 0.644. The zero-order chi connectivity index (χ0) is 36.3. The molecule has 0 saturated heterocycles. The van der Waals surface area contributed by atoms with Crippen molar-refractivity contribution in [1.29, 1.82) is 0 Å². The third kappa shape index (κ3) is 32.3. The zero-order valence-electron chi connectivity index (χ0n) is 33.0. The van der Waals surface area contributed by atoms with Crippen LogP contribution in [0.25, 0.3) is 0 Å². The van der Waals surface area contributed by atoms with Crippen molar-refractivity contribution in [3.05, 3.63) is 0 Å². The van der Waals surface area contributed by atoms with Crippen molar-refractivity contribution >= 4 is 42.3 Å². The molecule has 16 heteroatoms. The minimum Gasteiger partial charge on any atom is -0.396 e. The van der Waals surface area contributed by atoms with Crippen LogP contribution in [-0.4, -0.2) is 114 Å². The van der Waals surface area contributed by atoms with Gasteiger partial charge in [-0.3, -0.25) is 0 Å². The highest BCUT2D eigenvalue weighted by Crippen LogP contribution is 2.33. The number of hydrogen-bond acceptors (Lipinski definition) is 11. The van der Waals surface area contributed by atoms with E-state index in [1.807, 2.05) is 0 Å². The molecule has 10 N–H and O–H groups in total. The first kappa shape index (κ1) is 49.8. The van der Waals surface area contributed by atoms with E-state index in [-0.39, 0.29) is 0 Å². The van der Waals surface area contributed by atoms with Crippen molar-refractivity contribution in [2.75, 3.05) is 72.0 Å². The second kappa shape index (κ2) is 28.3. The first-order valence-corrected chi connectivity index (χ1v) is 33.0. The maximum Gasteiger partial charge on any atom is 0.636 e. The van der Waals surface area contributed by atoms with Gasteiger partial charge >= 0.3 is 9.05 Å². The van der Waals surface area contributed by atoms with E-state index in [2.05, 4.69) is 94.0 Å². The number of nitrogens with two attached hydrogens (primary N) is 3. The molecule has 0 aromatic heterocycles. The van der Waals surface area contributed by atoms with Gasteiger partial charge in [0, 0.05) is 39.3 Å². The second-order valence-corrected chi connectivity index (χ2v) is 35.9. The van der Waals surface area contributed by atoms with Crippen molar-refractivity contribution < 1.29 is 16.5 Å². The molecule has 0 unspecified atom stereocenters. The van der Waals surface area contributed by atoms with Crippen LogP contribution < -0.4 is 38.5 Å². The van der Waals surface area contributed by atoms with Crippen LogP contribution >= 0.6 is 0 Å². The van der Waals surface area contributed by atoms with Gasteiger partial charge in [-0.15, -0.1) is 0 Å². The molecular formula is C31H83N7O4Si5. The monoisotopic (exact) mass is 758 g/mol. The van der Waals surface area contributed by atoms with Gasteiger partial charge in [-0.2, -0.15) is 0 Å². The van der Waals surface area contributed by atoms with Gasteiger partial charge in [0.2, 0.25) is 0 Å². The fourth-order valence-corrected chi connectivity index (χ4v) is 23.6. The predicted octanol–water partition coefficient (Wildman–Crippen LogP) is 4.54. The molecule has 0 saturated carbocycles. The summed E-state index contributed by atoms with van der Waals surface area (Å²) in [7, 11) is -12.0. The van der Waals surface area contributed by atoms with E-state index in [9.17, 15) is 0 Å². The summed E-state index contributed by atoms with van der Waals surface area (Å²) in [6, 6.07) is 3.03. The van der Waals surface area contributed by atoms with E-state index < -0.39 is 42.3 Å². The molecular weight excluding hydrogens is 675 g/mol. The number of nitrogens with one attached hydrogen (secondary N) is 4. The highest BCUT2D eigenvalue weighted by atomic mass is 28.5. The largest absolute Gasteiger partial charge is 0.636 e. The molecule has 0 bridgehead atoms. The summed E-state index contributed by atoms with van der Waals surface area (Å²) in [6.07, 6.45) is 6.99. The van der Waals surface area contributed by atoms with Crippen molar-refractivity contribution in [2.45, 2.75) is 129 Å². The standard InChI is InChI=1S/C24H66N6O4Si5.C7H17N/c1-35(2,3)31-39(32-36(4,5)22-10-16-28-19-13-25,33-37(6,7)23-11-17-29-20-14-26)34-38(8,9)24-12-18-30-21-15-27;1-3-5-7-8-6-4-2/h28-30H,10-27H2,1-9H3;8H,3-7H2,1-2H3. The van der Waals surface area contributed by atoms with Crippen LogP contribution in [0.5, 0.6) is 0 Å². The molecule has 0 aliphatic heterocycles. The van der Waals surface area contributed by atoms with Crippen molar-refractivity contribution in [3.8, 4) is 0 Å². The fourth-order valence-electron chi connectivity index (χ4n) is 4.87. The van der Waals surface area contributed by atoms with Gasteiger partial charge in [0.25, 0.3) is 0 Å². The van der Waals surface area contributed by atoms with Gasteiger partial charge in [-0.1, -0.05) is 20.3 Å². The van der Waals surface area contributed by atoms with Gasteiger partial charge < -0.3 is 54.9 Å². The van der Waals surface area contributed by atoms with Crippen LogP contribution in [0.15, 0.2) is 0 Å². The molecule has 0 fully saturated rings. The Kier molecular flexibility index (Phi) is 29.9. The Labute approximate surface area is 297 Å². The van der Waals surface area contributed by atoms with E-state index in [4.69, 9.17) is 33.7 Å². The number of rotatable bonds is 31. The number of hydrogen-bond donors (Lipinski definition) is 7. The first-order valence-electron chi connectivity index (χ1n) is 18.7. The van der Waals surface area contributed by atoms with Gasteiger partial charge in [0.05, 0.1) is 0 Å². The molecule has 0 aliphatic rings. The van der Waals surface area contributed by atoms with Gasteiger partial charge in [0.15, 0.2) is 33.3 Å². The summed E-state index contributed by atoms with van der Waals surface area (Å²) >= 11 is 0. The SMILES string of the molecule is CCCCNCCC.C[Si](C)(C)O[Si](O[Si](C)(C)CCCNCCN)(O[Si](C)(C)CCCNCCN)O[Si](C)(C)CCCNCCN. The minimum atomic E-state index is -3.44. The van der Waals surface area contributed by atoms with Crippen LogP contribution in [0.3, 0.4) is 0 Å². The van der Waals surface area contributed by atoms with Crippen molar-refractivity contribution in [3.63, 3.8) is 0 Å². The normalized spacial score (nSPS) is 13.1. The first-order chi connectivity index (χ1) is 21.9. The lowest BCUT2D eigenvalue weighted by molar-refractivity contribution is 0.146. The minimum absolute atomic E-state index is 0.655. The summed E-state index contributed by atoms with van der Waals surface area (Å²) in [5.41, 5.74) is 16.9. The maximum absolute atomic E-state index is 7.17. The lowest BCUT2D eigenvalue weighted by atomic mass is 10.3. The van der Waals surface area contributed by atoms with Crippen LogP contribution in [0, 0.1) is 0 Å². The van der Waals surface area contributed by atoms with E-state index in [0.717, 1.165) is 76.7 Å². The Morgan fingerprint density at radius 3 is 1.00 bits per heavy atom. The smallest absolute Gasteiger partial charge is 0.396 e. The van der Waals surface area contributed by atoms with E-state index in [0.29, 0.717) is 19.6 Å². The predicted molar refractivity (Wildman–Crippen MR) is 218 cm³/mol. The average Bonchev–Trinajstić information content (AvgIpc) is 2.93. The molecule has 0 spiro atoms. The Balaban J connectivity index is 0. The molecule has 0 radical (unpaired) electrons. The van der Waals surface area contributed by atoms with Gasteiger partial charge in [0.1, 0.15) is 0 Å². The van der Waals surface area contributed by atoms with Crippen LogP contribution in [0.2, 0.25) is 77.1 Å². The summed E-state index contributed by atoms with van der Waals surface area (Å²) in [5.74, 6) is 0. The fraction of sp³-hybridized carbons (Fsp3) is 1.00. The van der Waals surface area contributed by atoms with Crippen LogP contribution in [0.1, 0.15) is 52.4 Å². The van der Waals surface area contributed by atoms with E-state index in [1.165, 1.54) is 32.4 Å². The lowest BCUT2D eigenvalue weighted by Crippen LogP contribution is -2.66. The van der Waals surface area contributed by atoms with E-state index >= 15 is 0 Å². The summed E-state index contributed by atoms with van der Waals surface area (Å²) in [6.45, 7) is 34.5. The van der Waals surface area contributed by atoms with Crippen molar-refractivity contribution in [2.24, 2.45) is 17.2 Å². The molecule has 0 aromatic rings. The van der Waals surface area contributed by atoms with Gasteiger partial charge in [-0.25, -0.2) is 0 Å². The molecule has 0 amide bonds. The molecule has 0 atom stereocenters. The highest BCUT2D eigenvalue weighted by molar-refractivity contribution is 6.92. The third-order valence-electron chi connectivity index (χ3n) is 7.13. The Morgan fingerprint density at radius 1 is 0.404 bits per heavy atom. The average molecular weight is 758 g/mol. The van der Waals surface area contributed by atoms with Gasteiger partial charge in [-0.05, 0) is 142 Å². The maximum atomic E-state index is 7.17. The van der Waals surface area contributed by atoms with Crippen LogP contribution in [-0.2, 0) is 16.5 Å². The molecule has 47 heavy (non-hydrogen) atoms. The zero-order valence-corrected chi connectivity index (χ0v) is 38.0. The second-order valence-electron chi connectivity index (χ2n) is 15.3. The molecule has 0 rings (SSSR count). The van der Waals surface area contributed by atoms with Crippen LogP contribution in [0.4, 0.5) is 0 Å². The highest BCUT2D eigenvalue weighted by Gasteiger charge is 2.57. The quantitative estimate of drug-likeness (QED) is 0.0393. The summed E-state index contributed by atoms with van der Waals surface area (Å²) in [5, 5.41) is 13.6. The van der Waals surface area contributed by atoms with E-state index in [1.54, 1.807) is 0 Å². The molecule has 0 aromatic carbocycles. The van der Waals surface area contributed by atoms with Crippen molar-refractivity contribution in [1.82, 2.24) is 21.3 Å². The summed E-state index contributed by atoms with van der Waals surface area (Å²) < 4.78 is 28.5. The lowest BCUT2D eigenvalue weighted by Gasteiger charge is -2.45. The summed E-state index contributed by atoms with van der Waals surface area (Å²) in [4.78, 5) is 0. The molecule has 286 valence electrons. The molecule has 0 aliphatic carbocycles. The molecule has 11 nitrogen and oxygen atoms in total. The Morgan fingerprint density at radius 2 is 0.723 bits per heavy atom. The number of unbranched alkanes of at least 4 members (excludes halogenated alkanes) is 1.